The fourth-order valence-electron chi connectivity index (χ4n) is 4.29. The van der Waals surface area contributed by atoms with Gasteiger partial charge in [0, 0.05) is 24.5 Å². The standard InChI is InChI=1S/C26H22N2O7/c1-33-20-11-16(4-6-18(20)29)23-22(24(30)17-5-7-19-21(12-17)35-10-9-34-19)25(31)26(32)28(23)14-15-3-2-8-27-13-15/h2-8,11-13,23,29-30H,9-10,14H2,1H3/b24-22+. The molecular weight excluding hydrogens is 452 g/mol. The molecule has 0 spiro atoms. The number of carbonyl (C=O) groups is 2. The van der Waals surface area contributed by atoms with Gasteiger partial charge in [0.05, 0.1) is 18.7 Å². The maximum Gasteiger partial charge on any atom is 0.295 e. The summed E-state index contributed by atoms with van der Waals surface area (Å²) < 4.78 is 16.4. The number of ether oxygens (including phenoxy) is 3. The molecule has 2 aromatic carbocycles. The molecule has 1 fully saturated rings. The topological polar surface area (TPSA) is 118 Å². The number of ketones is 1. The number of phenols is 1. The summed E-state index contributed by atoms with van der Waals surface area (Å²) in [6.45, 7) is 0.866. The van der Waals surface area contributed by atoms with Gasteiger partial charge in [-0.1, -0.05) is 12.1 Å². The molecule has 5 rings (SSSR count). The zero-order chi connectivity index (χ0) is 24.5. The molecule has 0 aliphatic carbocycles. The normalized spacial score (nSPS) is 18.5. The van der Waals surface area contributed by atoms with Crippen LogP contribution in [0.1, 0.15) is 22.7 Å². The molecule has 9 heteroatoms. The lowest BCUT2D eigenvalue weighted by Gasteiger charge is -2.26. The number of aliphatic hydroxyl groups is 1. The maximum atomic E-state index is 13.3. The molecule has 3 aromatic rings. The minimum Gasteiger partial charge on any atom is -0.507 e. The van der Waals surface area contributed by atoms with Crippen molar-refractivity contribution in [1.29, 1.82) is 0 Å². The van der Waals surface area contributed by atoms with Crippen molar-refractivity contribution < 1.29 is 34.0 Å². The second-order valence-corrected chi connectivity index (χ2v) is 8.08. The van der Waals surface area contributed by atoms with Crippen molar-refractivity contribution in [1.82, 2.24) is 9.88 Å². The van der Waals surface area contributed by atoms with Crippen LogP contribution in [0.2, 0.25) is 0 Å². The number of pyridine rings is 1. The Balaban J connectivity index is 1.65. The second-order valence-electron chi connectivity index (χ2n) is 8.08. The van der Waals surface area contributed by atoms with Crippen molar-refractivity contribution in [3.05, 3.63) is 83.2 Å². The number of hydrogen-bond acceptors (Lipinski definition) is 8. The van der Waals surface area contributed by atoms with Crippen molar-refractivity contribution in [3.63, 3.8) is 0 Å². The molecule has 0 bridgehead atoms. The van der Waals surface area contributed by atoms with Gasteiger partial charge in [0.2, 0.25) is 0 Å². The number of aromatic hydroxyl groups is 1. The van der Waals surface area contributed by atoms with E-state index in [-0.39, 0.29) is 29.4 Å². The van der Waals surface area contributed by atoms with Gasteiger partial charge in [-0.3, -0.25) is 14.6 Å². The minimum atomic E-state index is -0.932. The highest BCUT2D eigenvalue weighted by molar-refractivity contribution is 6.46. The average Bonchev–Trinajstić information content (AvgIpc) is 3.14. The molecule has 178 valence electrons. The second kappa shape index (κ2) is 9.02. The van der Waals surface area contributed by atoms with E-state index >= 15 is 0 Å². The quantitative estimate of drug-likeness (QED) is 0.329. The molecule has 2 N–H and O–H groups in total. The molecular formula is C26H22N2O7. The highest BCUT2D eigenvalue weighted by Gasteiger charge is 2.46. The first kappa shape index (κ1) is 22.3. The lowest BCUT2D eigenvalue weighted by Crippen LogP contribution is -2.29. The van der Waals surface area contributed by atoms with Gasteiger partial charge in [-0.05, 0) is 47.5 Å². The Kier molecular flexibility index (Phi) is 5.74. The Labute approximate surface area is 200 Å². The van der Waals surface area contributed by atoms with E-state index in [1.165, 1.54) is 18.1 Å². The third-order valence-electron chi connectivity index (χ3n) is 5.95. The number of hydrogen-bond donors (Lipinski definition) is 2. The number of fused-ring (bicyclic) bond motifs is 1. The Hall–Kier alpha value is -4.53. The van der Waals surface area contributed by atoms with Crippen molar-refractivity contribution in [2.24, 2.45) is 0 Å². The minimum absolute atomic E-state index is 0.0803. The third-order valence-corrected chi connectivity index (χ3v) is 5.95. The molecule has 1 saturated heterocycles. The molecule has 3 heterocycles. The summed E-state index contributed by atoms with van der Waals surface area (Å²) in [5.74, 6) is -0.868. The number of nitrogens with zero attached hydrogens (tertiary/aromatic N) is 2. The van der Waals surface area contributed by atoms with E-state index < -0.39 is 17.7 Å². The lowest BCUT2D eigenvalue weighted by atomic mass is 9.94. The Morgan fingerprint density at radius 1 is 1.11 bits per heavy atom. The SMILES string of the molecule is COc1cc(C2/C(=C(\O)c3ccc4c(c3)OCCO4)C(=O)C(=O)N2Cc2cccnc2)ccc1O. The van der Waals surface area contributed by atoms with Gasteiger partial charge in [0.15, 0.2) is 23.0 Å². The number of rotatable bonds is 5. The van der Waals surface area contributed by atoms with Crippen LogP contribution in [0.4, 0.5) is 0 Å². The molecule has 1 unspecified atom stereocenters. The summed E-state index contributed by atoms with van der Waals surface area (Å²) >= 11 is 0. The molecule has 0 radical (unpaired) electrons. The van der Waals surface area contributed by atoms with Crippen LogP contribution < -0.4 is 14.2 Å². The van der Waals surface area contributed by atoms with Gasteiger partial charge >= 0.3 is 0 Å². The molecule has 0 saturated carbocycles. The summed E-state index contributed by atoms with van der Waals surface area (Å²) in [6.07, 6.45) is 3.22. The fourth-order valence-corrected chi connectivity index (χ4v) is 4.29. The zero-order valence-corrected chi connectivity index (χ0v) is 18.8. The van der Waals surface area contributed by atoms with Crippen LogP contribution in [0, 0.1) is 0 Å². The summed E-state index contributed by atoms with van der Waals surface area (Å²) in [5.41, 5.74) is 1.43. The Morgan fingerprint density at radius 2 is 1.91 bits per heavy atom. The van der Waals surface area contributed by atoms with Gasteiger partial charge in [0.25, 0.3) is 11.7 Å². The molecule has 9 nitrogen and oxygen atoms in total. The van der Waals surface area contributed by atoms with Crippen molar-refractivity contribution >= 4 is 17.4 Å². The molecule has 1 aromatic heterocycles. The van der Waals surface area contributed by atoms with Gasteiger partial charge in [-0.15, -0.1) is 0 Å². The number of likely N-dealkylation sites (tertiary alicyclic amines) is 1. The maximum absolute atomic E-state index is 13.3. The number of methoxy groups -OCH3 is 1. The largest absolute Gasteiger partial charge is 0.507 e. The molecule has 2 aliphatic heterocycles. The van der Waals surface area contributed by atoms with Crippen LogP contribution in [0.5, 0.6) is 23.0 Å². The summed E-state index contributed by atoms with van der Waals surface area (Å²) in [5, 5.41) is 21.4. The summed E-state index contributed by atoms with van der Waals surface area (Å²) in [4.78, 5) is 31.9. The van der Waals surface area contributed by atoms with Crippen LogP contribution in [0.3, 0.4) is 0 Å². The smallest absolute Gasteiger partial charge is 0.295 e. The van der Waals surface area contributed by atoms with Gasteiger partial charge in [-0.25, -0.2) is 0 Å². The fraction of sp³-hybridized carbons (Fsp3) is 0.192. The number of amides is 1. The highest BCUT2D eigenvalue weighted by Crippen LogP contribution is 2.43. The molecule has 2 aliphatic rings. The van der Waals surface area contributed by atoms with E-state index in [0.29, 0.717) is 41.4 Å². The van der Waals surface area contributed by atoms with Crippen LogP contribution in [0.15, 0.2) is 66.5 Å². The summed E-state index contributed by atoms with van der Waals surface area (Å²) in [6, 6.07) is 12.0. The van der Waals surface area contributed by atoms with Crippen LogP contribution >= 0.6 is 0 Å². The predicted molar refractivity (Wildman–Crippen MR) is 124 cm³/mol. The van der Waals surface area contributed by atoms with E-state index in [2.05, 4.69) is 4.98 Å². The van der Waals surface area contributed by atoms with E-state index in [4.69, 9.17) is 14.2 Å². The average molecular weight is 474 g/mol. The molecule has 1 atom stereocenters. The summed E-state index contributed by atoms with van der Waals surface area (Å²) in [7, 11) is 1.40. The zero-order valence-electron chi connectivity index (χ0n) is 18.8. The third kappa shape index (κ3) is 4.01. The number of aliphatic hydroxyl groups excluding tert-OH is 1. The highest BCUT2D eigenvalue weighted by atomic mass is 16.6. The number of carbonyl (C=O) groups excluding carboxylic acids is 2. The molecule has 1 amide bonds. The molecule has 35 heavy (non-hydrogen) atoms. The monoisotopic (exact) mass is 474 g/mol. The van der Waals surface area contributed by atoms with Crippen LogP contribution in [-0.4, -0.2) is 52.1 Å². The van der Waals surface area contributed by atoms with Crippen molar-refractivity contribution in [3.8, 4) is 23.0 Å². The van der Waals surface area contributed by atoms with Gasteiger partial charge < -0.3 is 29.3 Å². The predicted octanol–water partition coefficient (Wildman–Crippen LogP) is 3.19. The first-order valence-electron chi connectivity index (χ1n) is 10.9. The van der Waals surface area contributed by atoms with Crippen molar-refractivity contribution in [2.75, 3.05) is 20.3 Å². The van der Waals surface area contributed by atoms with E-state index in [0.717, 1.165) is 0 Å². The van der Waals surface area contributed by atoms with E-state index in [9.17, 15) is 19.8 Å². The number of phenolic OH excluding ortho intramolecular Hbond substituents is 1. The van der Waals surface area contributed by atoms with Crippen LogP contribution in [-0.2, 0) is 16.1 Å². The van der Waals surface area contributed by atoms with E-state index in [1.54, 1.807) is 54.9 Å². The number of aromatic nitrogens is 1. The first-order chi connectivity index (χ1) is 17.0. The lowest BCUT2D eigenvalue weighted by molar-refractivity contribution is -0.140. The van der Waals surface area contributed by atoms with Crippen LogP contribution in [0.25, 0.3) is 5.76 Å². The Bertz CT molecular complexity index is 1340. The number of Topliss-reactive ketones (excluding diaryl/α,β-unsaturated/α-hetero) is 1. The number of benzene rings is 2. The first-order valence-corrected chi connectivity index (χ1v) is 10.9. The van der Waals surface area contributed by atoms with Gasteiger partial charge in [0.1, 0.15) is 19.0 Å². The van der Waals surface area contributed by atoms with Gasteiger partial charge in [-0.2, -0.15) is 0 Å². The Morgan fingerprint density at radius 3 is 2.66 bits per heavy atom. The van der Waals surface area contributed by atoms with E-state index in [1.807, 2.05) is 0 Å². The van der Waals surface area contributed by atoms with Crippen molar-refractivity contribution in [2.45, 2.75) is 12.6 Å².